The summed E-state index contributed by atoms with van der Waals surface area (Å²) in [5, 5.41) is 3.14. The monoisotopic (exact) mass is 375 g/mol. The number of benzene rings is 1. The molecule has 1 aromatic carbocycles. The highest BCUT2D eigenvalue weighted by atomic mass is 16.5. The summed E-state index contributed by atoms with van der Waals surface area (Å²) < 4.78 is 5.53. The van der Waals surface area contributed by atoms with Crippen LogP contribution in [-0.2, 0) is 9.59 Å². The van der Waals surface area contributed by atoms with E-state index in [0.717, 1.165) is 6.42 Å². The van der Waals surface area contributed by atoms with Gasteiger partial charge in [-0.15, -0.1) is 0 Å². The maximum absolute atomic E-state index is 12.6. The van der Waals surface area contributed by atoms with Crippen LogP contribution in [0.15, 0.2) is 30.3 Å². The largest absolute Gasteiger partial charge is 0.484 e. The minimum absolute atomic E-state index is 0.0283. The SMILES string of the molecule is CC(C)CC(C)(CN)NC(=O)C1CCN(C(=O)COc2ccccc2)CC1. The van der Waals surface area contributed by atoms with Gasteiger partial charge in [-0.1, -0.05) is 32.0 Å². The van der Waals surface area contributed by atoms with E-state index in [1.165, 1.54) is 0 Å². The van der Waals surface area contributed by atoms with Crippen LogP contribution in [0.2, 0.25) is 0 Å². The van der Waals surface area contributed by atoms with Crippen molar-refractivity contribution >= 4 is 11.8 Å². The van der Waals surface area contributed by atoms with Gasteiger partial charge in [0.25, 0.3) is 5.91 Å². The van der Waals surface area contributed by atoms with E-state index in [4.69, 9.17) is 10.5 Å². The van der Waals surface area contributed by atoms with Crippen molar-refractivity contribution in [2.24, 2.45) is 17.6 Å². The lowest BCUT2D eigenvalue weighted by molar-refractivity contribution is -0.137. The van der Waals surface area contributed by atoms with Crippen LogP contribution in [0.4, 0.5) is 0 Å². The number of nitrogens with zero attached hydrogens (tertiary/aromatic N) is 1. The molecule has 1 heterocycles. The van der Waals surface area contributed by atoms with Crippen molar-refractivity contribution in [1.29, 1.82) is 0 Å². The Balaban J connectivity index is 1.78. The van der Waals surface area contributed by atoms with E-state index in [1.807, 2.05) is 37.3 Å². The zero-order chi connectivity index (χ0) is 19.9. The van der Waals surface area contributed by atoms with Gasteiger partial charge in [-0.2, -0.15) is 0 Å². The van der Waals surface area contributed by atoms with E-state index < -0.39 is 0 Å². The van der Waals surface area contributed by atoms with Gasteiger partial charge in [0.1, 0.15) is 5.75 Å². The molecular weight excluding hydrogens is 342 g/mol. The van der Waals surface area contributed by atoms with Crippen LogP contribution in [0.25, 0.3) is 0 Å². The number of likely N-dealkylation sites (tertiary alicyclic amines) is 1. The third-order valence-corrected chi connectivity index (χ3v) is 5.06. The Morgan fingerprint density at radius 2 is 1.89 bits per heavy atom. The van der Waals surface area contributed by atoms with Crippen molar-refractivity contribution in [2.75, 3.05) is 26.2 Å². The average molecular weight is 376 g/mol. The number of hydrogen-bond donors (Lipinski definition) is 2. The maximum Gasteiger partial charge on any atom is 0.260 e. The van der Waals surface area contributed by atoms with E-state index in [1.54, 1.807) is 4.90 Å². The molecule has 2 amide bonds. The molecule has 6 nitrogen and oxygen atoms in total. The van der Waals surface area contributed by atoms with Crippen molar-refractivity contribution in [2.45, 2.75) is 45.6 Å². The summed E-state index contributed by atoms with van der Waals surface area (Å²) in [6.07, 6.45) is 2.19. The van der Waals surface area contributed by atoms with Crippen molar-refractivity contribution in [3.05, 3.63) is 30.3 Å². The molecule has 27 heavy (non-hydrogen) atoms. The van der Waals surface area contributed by atoms with Crippen molar-refractivity contribution in [1.82, 2.24) is 10.2 Å². The number of hydrogen-bond acceptors (Lipinski definition) is 4. The quantitative estimate of drug-likeness (QED) is 0.729. The van der Waals surface area contributed by atoms with Gasteiger partial charge in [0.2, 0.25) is 5.91 Å². The predicted octanol–water partition coefficient (Wildman–Crippen LogP) is 2.18. The molecule has 6 heteroatoms. The number of ether oxygens (including phenoxy) is 1. The smallest absolute Gasteiger partial charge is 0.260 e. The topological polar surface area (TPSA) is 84.7 Å². The first-order chi connectivity index (χ1) is 12.8. The first-order valence-corrected chi connectivity index (χ1v) is 9.80. The van der Waals surface area contributed by atoms with Gasteiger partial charge in [0, 0.05) is 31.1 Å². The molecule has 1 fully saturated rings. The van der Waals surface area contributed by atoms with Crippen molar-refractivity contribution in [3.63, 3.8) is 0 Å². The zero-order valence-electron chi connectivity index (χ0n) is 16.7. The first kappa shape index (κ1) is 21.2. The molecular formula is C21H33N3O3. The molecule has 3 N–H and O–H groups in total. The minimum Gasteiger partial charge on any atom is -0.484 e. The van der Waals surface area contributed by atoms with E-state index in [2.05, 4.69) is 19.2 Å². The fraction of sp³-hybridized carbons (Fsp3) is 0.619. The molecule has 0 aliphatic carbocycles. The van der Waals surface area contributed by atoms with Gasteiger partial charge in [-0.3, -0.25) is 9.59 Å². The lowest BCUT2D eigenvalue weighted by Gasteiger charge is -2.36. The minimum atomic E-state index is -0.373. The fourth-order valence-corrected chi connectivity index (χ4v) is 3.63. The number of nitrogens with one attached hydrogen (secondary N) is 1. The van der Waals surface area contributed by atoms with Crippen LogP contribution in [0, 0.1) is 11.8 Å². The molecule has 0 radical (unpaired) electrons. The van der Waals surface area contributed by atoms with Gasteiger partial charge >= 0.3 is 0 Å². The summed E-state index contributed by atoms with van der Waals surface area (Å²) in [5.41, 5.74) is 5.52. The van der Waals surface area contributed by atoms with E-state index in [-0.39, 0.29) is 29.9 Å². The third kappa shape index (κ3) is 6.54. The number of carbonyl (C=O) groups excluding carboxylic acids is 2. The molecule has 0 aromatic heterocycles. The normalized spacial score (nSPS) is 17.4. The van der Waals surface area contributed by atoms with Crippen LogP contribution in [0.5, 0.6) is 5.75 Å². The van der Waals surface area contributed by atoms with Crippen LogP contribution < -0.4 is 15.8 Å². The highest BCUT2D eigenvalue weighted by molar-refractivity contribution is 5.81. The molecule has 1 aliphatic rings. The molecule has 1 unspecified atom stereocenters. The third-order valence-electron chi connectivity index (χ3n) is 5.06. The summed E-state index contributed by atoms with van der Waals surface area (Å²) in [6, 6.07) is 9.31. The standard InChI is InChI=1S/C21H33N3O3/c1-16(2)13-21(3,15-22)23-20(26)17-9-11-24(12-10-17)19(25)14-27-18-7-5-4-6-8-18/h4-8,16-17H,9-15,22H2,1-3H3,(H,23,26). The molecule has 150 valence electrons. The Kier molecular flexibility index (Phi) is 7.66. The van der Waals surface area contributed by atoms with Gasteiger partial charge in [-0.25, -0.2) is 0 Å². The van der Waals surface area contributed by atoms with E-state index in [0.29, 0.717) is 44.1 Å². The summed E-state index contributed by atoms with van der Waals surface area (Å²) in [7, 11) is 0. The van der Waals surface area contributed by atoms with Crippen LogP contribution in [0.3, 0.4) is 0 Å². The Bertz CT molecular complexity index is 612. The molecule has 0 spiro atoms. The summed E-state index contributed by atoms with van der Waals surface area (Å²) in [6.45, 7) is 7.87. The molecule has 1 saturated heterocycles. The Hall–Kier alpha value is -2.08. The highest BCUT2D eigenvalue weighted by Gasteiger charge is 2.32. The number of para-hydroxylation sites is 1. The maximum atomic E-state index is 12.6. The van der Waals surface area contributed by atoms with E-state index >= 15 is 0 Å². The highest BCUT2D eigenvalue weighted by Crippen LogP contribution is 2.21. The number of piperidine rings is 1. The summed E-state index contributed by atoms with van der Waals surface area (Å²) in [5.74, 6) is 1.09. The van der Waals surface area contributed by atoms with Crippen LogP contribution in [-0.4, -0.2) is 48.5 Å². The van der Waals surface area contributed by atoms with Crippen molar-refractivity contribution in [3.8, 4) is 5.75 Å². The van der Waals surface area contributed by atoms with Gasteiger partial charge in [-0.05, 0) is 44.2 Å². The van der Waals surface area contributed by atoms with Gasteiger partial charge in [0.05, 0.1) is 0 Å². The van der Waals surface area contributed by atoms with Gasteiger partial charge < -0.3 is 20.7 Å². The number of amides is 2. The lowest BCUT2D eigenvalue weighted by Crippen LogP contribution is -2.55. The predicted molar refractivity (Wildman–Crippen MR) is 106 cm³/mol. The summed E-state index contributed by atoms with van der Waals surface area (Å²) >= 11 is 0. The summed E-state index contributed by atoms with van der Waals surface area (Å²) in [4.78, 5) is 26.8. The molecule has 2 rings (SSSR count). The van der Waals surface area contributed by atoms with Gasteiger partial charge in [0.15, 0.2) is 6.61 Å². The number of nitrogens with two attached hydrogens (primary N) is 1. The van der Waals surface area contributed by atoms with Crippen LogP contribution >= 0.6 is 0 Å². The molecule has 1 atom stereocenters. The van der Waals surface area contributed by atoms with E-state index in [9.17, 15) is 9.59 Å². The Morgan fingerprint density at radius 1 is 1.26 bits per heavy atom. The lowest BCUT2D eigenvalue weighted by atomic mass is 9.88. The van der Waals surface area contributed by atoms with Crippen molar-refractivity contribution < 1.29 is 14.3 Å². The Morgan fingerprint density at radius 3 is 2.44 bits per heavy atom. The Labute approximate surface area is 162 Å². The second-order valence-electron chi connectivity index (χ2n) is 8.11. The second-order valence-corrected chi connectivity index (χ2v) is 8.11. The molecule has 1 aromatic rings. The average Bonchev–Trinajstić information content (AvgIpc) is 2.66. The molecule has 0 saturated carbocycles. The first-order valence-electron chi connectivity index (χ1n) is 9.80. The van der Waals surface area contributed by atoms with Crippen LogP contribution in [0.1, 0.15) is 40.0 Å². The number of rotatable bonds is 8. The number of carbonyl (C=O) groups is 2. The second kappa shape index (κ2) is 9.74. The molecule has 1 aliphatic heterocycles. The fourth-order valence-electron chi connectivity index (χ4n) is 3.63. The zero-order valence-corrected chi connectivity index (χ0v) is 16.7. The molecule has 0 bridgehead atoms.